The van der Waals surface area contributed by atoms with Crippen molar-refractivity contribution in [3.05, 3.63) is 57.8 Å². The number of fused-ring (bicyclic) bond motifs is 4. The number of piperidine rings is 1. The lowest BCUT2D eigenvalue weighted by Crippen LogP contribution is -2.47. The molecular formula is C17H19F2N3O. The largest absolute Gasteiger partial charge is 0.364 e. The third-order valence-electron chi connectivity index (χ3n) is 5.00. The number of nitrogens with one attached hydrogen (secondary N) is 1. The second-order valence-corrected chi connectivity index (χ2v) is 6.62. The highest BCUT2D eigenvalue weighted by Gasteiger charge is 2.35. The van der Waals surface area contributed by atoms with Crippen molar-refractivity contribution in [3.8, 4) is 0 Å². The van der Waals surface area contributed by atoms with Gasteiger partial charge in [-0.05, 0) is 36.6 Å². The molecule has 2 bridgehead atoms. The molecule has 2 aromatic heterocycles. The Balaban J connectivity index is 1.62. The van der Waals surface area contributed by atoms with Crippen LogP contribution in [0.5, 0.6) is 0 Å². The van der Waals surface area contributed by atoms with Crippen LogP contribution in [0.2, 0.25) is 0 Å². The Labute approximate surface area is 132 Å². The van der Waals surface area contributed by atoms with E-state index >= 15 is 0 Å². The minimum absolute atomic E-state index is 0.247. The number of nitrogens with zero attached hydrogens (tertiary/aromatic N) is 2. The third kappa shape index (κ3) is 2.61. The number of alkyl halides is 2. The first-order valence-electron chi connectivity index (χ1n) is 7.98. The van der Waals surface area contributed by atoms with Gasteiger partial charge in [0.1, 0.15) is 0 Å². The summed E-state index contributed by atoms with van der Waals surface area (Å²) in [7, 11) is 0. The van der Waals surface area contributed by atoms with Gasteiger partial charge in [-0.2, -0.15) is 0 Å². The minimum Gasteiger partial charge on any atom is -0.364 e. The number of hydrogen-bond donors (Lipinski definition) is 1. The normalized spacial score (nSPS) is 24.0. The highest BCUT2D eigenvalue weighted by atomic mass is 19.3. The molecule has 1 fully saturated rings. The zero-order valence-corrected chi connectivity index (χ0v) is 12.7. The fourth-order valence-corrected chi connectivity index (χ4v) is 4.06. The van der Waals surface area contributed by atoms with Crippen LogP contribution in [0.4, 0.5) is 8.78 Å². The van der Waals surface area contributed by atoms with Crippen molar-refractivity contribution in [1.82, 2.24) is 14.5 Å². The zero-order chi connectivity index (χ0) is 16.0. The van der Waals surface area contributed by atoms with Crippen LogP contribution in [0.25, 0.3) is 0 Å². The number of H-pyrrole nitrogens is 1. The fraction of sp³-hybridized carbons (Fsp3) is 0.471. The summed E-state index contributed by atoms with van der Waals surface area (Å²) < 4.78 is 27.5. The van der Waals surface area contributed by atoms with Crippen LogP contribution in [0.1, 0.15) is 35.7 Å². The predicted octanol–water partition coefficient (Wildman–Crippen LogP) is 2.73. The number of pyridine rings is 1. The fourth-order valence-electron chi connectivity index (χ4n) is 4.06. The Morgan fingerprint density at radius 3 is 2.83 bits per heavy atom. The van der Waals surface area contributed by atoms with Gasteiger partial charge >= 0.3 is 0 Å². The molecule has 2 aromatic rings. The molecular weight excluding hydrogens is 300 g/mol. The third-order valence-corrected chi connectivity index (χ3v) is 5.00. The molecule has 0 unspecified atom stereocenters. The summed E-state index contributed by atoms with van der Waals surface area (Å²) in [6.07, 6.45) is 0.252. The molecule has 1 N–H and O–H groups in total. The highest BCUT2D eigenvalue weighted by Crippen LogP contribution is 2.36. The van der Waals surface area contributed by atoms with Crippen LogP contribution in [-0.4, -0.2) is 27.5 Å². The van der Waals surface area contributed by atoms with Gasteiger partial charge in [0.15, 0.2) is 0 Å². The minimum atomic E-state index is -2.70. The monoisotopic (exact) mass is 319 g/mol. The molecule has 2 aliphatic heterocycles. The standard InChI is InChI=1S/C17H19F2N3O/c18-16(19)14-3-4-15-12-6-11(8-22(15)17(14)23)7-21(9-12)10-13-2-1-5-20-13/h1-5,11-12,16,20H,6-10H2/t11-,12-/m1/s1. The van der Waals surface area contributed by atoms with Gasteiger partial charge in [0.2, 0.25) is 0 Å². The Morgan fingerprint density at radius 2 is 2.09 bits per heavy atom. The predicted molar refractivity (Wildman–Crippen MR) is 82.6 cm³/mol. The maximum atomic E-state index is 12.9. The van der Waals surface area contributed by atoms with E-state index in [-0.39, 0.29) is 11.5 Å². The SMILES string of the molecule is O=c1c(C(F)F)ccc2n1C[C@@H]1C[C@@H]2CN(Cc2ccc[nH]2)C1. The molecule has 2 atom stereocenters. The van der Waals surface area contributed by atoms with Crippen LogP contribution in [0, 0.1) is 5.92 Å². The molecule has 4 nitrogen and oxygen atoms in total. The molecule has 0 aromatic carbocycles. The summed E-state index contributed by atoms with van der Waals surface area (Å²) in [5.41, 5.74) is 1.20. The molecule has 4 rings (SSSR count). The van der Waals surface area contributed by atoms with Crippen molar-refractivity contribution in [2.24, 2.45) is 5.92 Å². The average molecular weight is 319 g/mol. The van der Waals surface area contributed by atoms with Crippen LogP contribution in [0.15, 0.2) is 35.3 Å². The molecule has 0 amide bonds. The smallest absolute Gasteiger partial charge is 0.269 e. The lowest BCUT2D eigenvalue weighted by Gasteiger charge is -2.42. The number of halogens is 2. The van der Waals surface area contributed by atoms with E-state index < -0.39 is 12.0 Å². The summed E-state index contributed by atoms with van der Waals surface area (Å²) in [6.45, 7) is 3.18. The van der Waals surface area contributed by atoms with Crippen LogP contribution in [0.3, 0.4) is 0 Å². The molecule has 2 aliphatic rings. The summed E-state index contributed by atoms with van der Waals surface area (Å²) in [5, 5.41) is 0. The first kappa shape index (κ1) is 14.6. The topological polar surface area (TPSA) is 41.0 Å². The Bertz CT molecular complexity index is 754. The first-order chi connectivity index (χ1) is 11.1. The van der Waals surface area contributed by atoms with E-state index in [0.29, 0.717) is 12.5 Å². The molecule has 4 heterocycles. The van der Waals surface area contributed by atoms with Gasteiger partial charge in [-0.3, -0.25) is 9.69 Å². The summed E-state index contributed by atoms with van der Waals surface area (Å²) in [6, 6.07) is 7.09. The second kappa shape index (κ2) is 5.60. The van der Waals surface area contributed by atoms with Gasteiger partial charge < -0.3 is 9.55 Å². The van der Waals surface area contributed by atoms with Crippen LogP contribution in [-0.2, 0) is 13.1 Å². The Morgan fingerprint density at radius 1 is 1.22 bits per heavy atom. The van der Waals surface area contributed by atoms with Crippen LogP contribution < -0.4 is 5.56 Å². The highest BCUT2D eigenvalue weighted by molar-refractivity contribution is 5.23. The second-order valence-electron chi connectivity index (χ2n) is 6.62. The van der Waals surface area contributed by atoms with E-state index in [0.717, 1.165) is 31.7 Å². The molecule has 122 valence electrons. The number of aromatic amines is 1. The number of rotatable bonds is 3. The van der Waals surface area contributed by atoms with Crippen molar-refractivity contribution in [2.45, 2.75) is 31.9 Å². The van der Waals surface area contributed by atoms with Crippen LogP contribution >= 0.6 is 0 Å². The van der Waals surface area contributed by atoms with E-state index in [9.17, 15) is 13.6 Å². The van der Waals surface area contributed by atoms with E-state index in [4.69, 9.17) is 0 Å². The maximum Gasteiger partial charge on any atom is 0.269 e. The summed E-state index contributed by atoms with van der Waals surface area (Å²) >= 11 is 0. The molecule has 0 radical (unpaired) electrons. The molecule has 0 saturated carbocycles. The van der Waals surface area contributed by atoms with Gasteiger partial charge in [-0.25, -0.2) is 8.78 Å². The van der Waals surface area contributed by atoms with Crippen molar-refractivity contribution >= 4 is 0 Å². The molecule has 1 saturated heterocycles. The van der Waals surface area contributed by atoms with E-state index in [1.54, 1.807) is 10.6 Å². The van der Waals surface area contributed by atoms with Crippen molar-refractivity contribution < 1.29 is 8.78 Å². The summed E-state index contributed by atoms with van der Waals surface area (Å²) in [4.78, 5) is 17.9. The van der Waals surface area contributed by atoms with Gasteiger partial charge in [-0.15, -0.1) is 0 Å². The summed E-state index contributed by atoms with van der Waals surface area (Å²) in [5.74, 6) is 0.596. The average Bonchev–Trinajstić information content (AvgIpc) is 3.01. The number of hydrogen-bond acceptors (Lipinski definition) is 2. The lowest BCUT2D eigenvalue weighted by molar-refractivity contribution is 0.111. The van der Waals surface area contributed by atoms with Crippen molar-refractivity contribution in [1.29, 1.82) is 0 Å². The number of aromatic nitrogens is 2. The van der Waals surface area contributed by atoms with Gasteiger partial charge in [-0.1, -0.05) is 0 Å². The van der Waals surface area contributed by atoms with Crippen molar-refractivity contribution in [3.63, 3.8) is 0 Å². The molecule has 0 aliphatic carbocycles. The first-order valence-corrected chi connectivity index (χ1v) is 7.98. The number of likely N-dealkylation sites (tertiary alicyclic amines) is 1. The lowest BCUT2D eigenvalue weighted by atomic mass is 9.83. The molecule has 6 heteroatoms. The van der Waals surface area contributed by atoms with Gasteiger partial charge in [0, 0.05) is 49.7 Å². The Hall–Kier alpha value is -1.95. The Kier molecular flexibility index (Phi) is 3.56. The maximum absolute atomic E-state index is 12.9. The quantitative estimate of drug-likeness (QED) is 0.945. The van der Waals surface area contributed by atoms with Crippen molar-refractivity contribution in [2.75, 3.05) is 13.1 Å². The van der Waals surface area contributed by atoms with E-state index in [1.807, 2.05) is 12.3 Å². The zero-order valence-electron chi connectivity index (χ0n) is 12.7. The molecule has 23 heavy (non-hydrogen) atoms. The van der Waals surface area contributed by atoms with Gasteiger partial charge in [0.25, 0.3) is 12.0 Å². The van der Waals surface area contributed by atoms with E-state index in [1.165, 1.54) is 11.8 Å². The van der Waals surface area contributed by atoms with Gasteiger partial charge in [0.05, 0.1) is 5.56 Å². The molecule has 0 spiro atoms. The van der Waals surface area contributed by atoms with E-state index in [2.05, 4.69) is 16.0 Å².